The largest absolute Gasteiger partial charge is 0.497 e. The molecule has 0 aromatic heterocycles. The van der Waals surface area contributed by atoms with Gasteiger partial charge in [0.05, 0.1) is 12.8 Å². The van der Waals surface area contributed by atoms with Crippen LogP contribution >= 0.6 is 0 Å². The first kappa shape index (κ1) is 13.9. The third kappa shape index (κ3) is 3.72. The highest BCUT2D eigenvalue weighted by molar-refractivity contribution is 5.96. The number of benzene rings is 2. The van der Waals surface area contributed by atoms with Crippen LogP contribution in [0.2, 0.25) is 0 Å². The second kappa shape index (κ2) is 7.14. The van der Waals surface area contributed by atoms with Crippen LogP contribution in [0.4, 0.5) is 5.69 Å². The average molecular weight is 267 g/mol. The zero-order valence-corrected chi connectivity index (χ0v) is 11.5. The summed E-state index contributed by atoms with van der Waals surface area (Å²) < 4.78 is 10.8. The van der Waals surface area contributed by atoms with Gasteiger partial charge >= 0.3 is 0 Å². The SMILES string of the molecule is C=CCOC(=Nc1ccccc1)c1ccc(OC)cc1. The summed E-state index contributed by atoms with van der Waals surface area (Å²) in [4.78, 5) is 4.53. The Morgan fingerprint density at radius 1 is 1.10 bits per heavy atom. The monoisotopic (exact) mass is 267 g/mol. The summed E-state index contributed by atoms with van der Waals surface area (Å²) in [5, 5.41) is 0. The van der Waals surface area contributed by atoms with Gasteiger partial charge in [0.2, 0.25) is 5.90 Å². The molecule has 0 aliphatic carbocycles. The fourth-order valence-corrected chi connectivity index (χ4v) is 1.67. The summed E-state index contributed by atoms with van der Waals surface area (Å²) in [6.07, 6.45) is 1.70. The highest BCUT2D eigenvalue weighted by Gasteiger charge is 2.05. The molecule has 3 heteroatoms. The van der Waals surface area contributed by atoms with Crippen LogP contribution < -0.4 is 4.74 Å². The van der Waals surface area contributed by atoms with E-state index in [0.29, 0.717) is 12.5 Å². The van der Waals surface area contributed by atoms with Gasteiger partial charge in [-0.3, -0.25) is 0 Å². The summed E-state index contributed by atoms with van der Waals surface area (Å²) in [7, 11) is 1.64. The molecule has 2 rings (SSSR count). The molecule has 0 saturated carbocycles. The van der Waals surface area contributed by atoms with Gasteiger partial charge in [-0.15, -0.1) is 0 Å². The second-order valence-corrected chi connectivity index (χ2v) is 4.08. The predicted molar refractivity (Wildman–Crippen MR) is 81.8 cm³/mol. The minimum atomic E-state index is 0.414. The van der Waals surface area contributed by atoms with E-state index in [4.69, 9.17) is 9.47 Å². The standard InChI is InChI=1S/C17H17NO2/c1-3-13-20-17(18-15-7-5-4-6-8-15)14-9-11-16(19-2)12-10-14/h3-12H,1,13H2,2H3. The van der Waals surface area contributed by atoms with Gasteiger partial charge in [0.1, 0.15) is 12.4 Å². The first-order valence-corrected chi connectivity index (χ1v) is 6.35. The molecule has 3 nitrogen and oxygen atoms in total. The Bertz CT molecular complexity index is 574. The molecule has 0 unspecified atom stereocenters. The first-order valence-electron chi connectivity index (χ1n) is 6.35. The molecular formula is C17H17NO2. The number of ether oxygens (including phenoxy) is 2. The molecule has 0 fully saturated rings. The van der Waals surface area contributed by atoms with E-state index in [9.17, 15) is 0 Å². The van der Waals surface area contributed by atoms with Crippen LogP contribution in [0.1, 0.15) is 5.56 Å². The van der Waals surface area contributed by atoms with E-state index in [1.807, 2.05) is 54.6 Å². The van der Waals surface area contributed by atoms with Crippen molar-refractivity contribution in [2.75, 3.05) is 13.7 Å². The highest BCUT2D eigenvalue weighted by Crippen LogP contribution is 2.16. The van der Waals surface area contributed by atoms with Crippen LogP contribution in [0, 0.1) is 0 Å². The van der Waals surface area contributed by atoms with Crippen molar-refractivity contribution in [3.8, 4) is 5.75 Å². The van der Waals surface area contributed by atoms with Crippen molar-refractivity contribution in [3.63, 3.8) is 0 Å². The third-order valence-electron chi connectivity index (χ3n) is 2.66. The smallest absolute Gasteiger partial charge is 0.221 e. The Hall–Kier alpha value is -2.55. The zero-order chi connectivity index (χ0) is 14.2. The molecule has 0 spiro atoms. The Labute approximate surface area is 119 Å². The van der Waals surface area contributed by atoms with E-state index >= 15 is 0 Å². The molecule has 0 aliphatic heterocycles. The Morgan fingerprint density at radius 3 is 2.40 bits per heavy atom. The summed E-state index contributed by atoms with van der Waals surface area (Å²) >= 11 is 0. The van der Waals surface area contributed by atoms with Crippen molar-refractivity contribution < 1.29 is 9.47 Å². The van der Waals surface area contributed by atoms with Crippen LogP contribution in [0.3, 0.4) is 0 Å². The Morgan fingerprint density at radius 2 is 1.80 bits per heavy atom. The lowest BCUT2D eigenvalue weighted by Gasteiger charge is -2.08. The van der Waals surface area contributed by atoms with Gasteiger partial charge in [-0.2, -0.15) is 0 Å². The van der Waals surface area contributed by atoms with Crippen LogP contribution in [0.5, 0.6) is 5.75 Å². The quantitative estimate of drug-likeness (QED) is 0.466. The highest BCUT2D eigenvalue weighted by atomic mass is 16.5. The molecule has 0 amide bonds. The summed E-state index contributed by atoms with van der Waals surface area (Å²) in [5.74, 6) is 1.37. The molecule has 0 bridgehead atoms. The minimum Gasteiger partial charge on any atom is -0.497 e. The van der Waals surface area contributed by atoms with Crippen molar-refractivity contribution in [1.29, 1.82) is 0 Å². The van der Waals surface area contributed by atoms with E-state index in [-0.39, 0.29) is 0 Å². The number of methoxy groups -OCH3 is 1. The zero-order valence-electron chi connectivity index (χ0n) is 11.5. The summed E-state index contributed by atoms with van der Waals surface area (Å²) in [6, 6.07) is 17.3. The normalized spacial score (nSPS) is 10.9. The number of hydrogen-bond donors (Lipinski definition) is 0. The third-order valence-corrected chi connectivity index (χ3v) is 2.66. The van der Waals surface area contributed by atoms with E-state index in [2.05, 4.69) is 11.6 Å². The van der Waals surface area contributed by atoms with E-state index in [1.54, 1.807) is 13.2 Å². The summed E-state index contributed by atoms with van der Waals surface area (Å²) in [6.45, 7) is 4.08. The number of rotatable bonds is 5. The van der Waals surface area contributed by atoms with Gasteiger partial charge in [-0.25, -0.2) is 4.99 Å². The Kier molecular flexibility index (Phi) is 4.95. The molecule has 0 radical (unpaired) electrons. The number of aliphatic imine (C=N–C) groups is 1. The number of para-hydroxylation sites is 1. The van der Waals surface area contributed by atoms with Crippen molar-refractivity contribution >= 4 is 11.6 Å². The lowest BCUT2D eigenvalue weighted by atomic mass is 10.2. The van der Waals surface area contributed by atoms with Crippen LogP contribution in [0.15, 0.2) is 72.2 Å². The van der Waals surface area contributed by atoms with Gasteiger partial charge in [0.15, 0.2) is 0 Å². The molecule has 0 aliphatic rings. The van der Waals surface area contributed by atoms with Crippen LogP contribution in [-0.4, -0.2) is 19.6 Å². The van der Waals surface area contributed by atoms with Crippen molar-refractivity contribution in [3.05, 3.63) is 72.8 Å². The van der Waals surface area contributed by atoms with E-state index in [0.717, 1.165) is 17.0 Å². The van der Waals surface area contributed by atoms with Gasteiger partial charge in [0, 0.05) is 5.56 Å². The molecule has 0 N–H and O–H groups in total. The summed E-state index contributed by atoms with van der Waals surface area (Å²) in [5.41, 5.74) is 1.75. The topological polar surface area (TPSA) is 30.8 Å². The molecule has 0 saturated heterocycles. The molecule has 0 atom stereocenters. The van der Waals surface area contributed by atoms with Crippen LogP contribution in [0.25, 0.3) is 0 Å². The minimum absolute atomic E-state index is 0.414. The molecular weight excluding hydrogens is 250 g/mol. The van der Waals surface area contributed by atoms with Gasteiger partial charge in [0.25, 0.3) is 0 Å². The predicted octanol–water partition coefficient (Wildman–Crippen LogP) is 3.98. The lowest BCUT2D eigenvalue weighted by Crippen LogP contribution is -2.06. The molecule has 102 valence electrons. The number of nitrogens with zero attached hydrogens (tertiary/aromatic N) is 1. The van der Waals surface area contributed by atoms with Gasteiger partial charge in [-0.1, -0.05) is 30.9 Å². The van der Waals surface area contributed by atoms with Crippen molar-refractivity contribution in [2.45, 2.75) is 0 Å². The van der Waals surface area contributed by atoms with Gasteiger partial charge in [-0.05, 0) is 36.4 Å². The maximum atomic E-state index is 5.65. The number of hydrogen-bond acceptors (Lipinski definition) is 3. The van der Waals surface area contributed by atoms with E-state index < -0.39 is 0 Å². The fourth-order valence-electron chi connectivity index (χ4n) is 1.67. The fraction of sp³-hybridized carbons (Fsp3) is 0.118. The first-order chi connectivity index (χ1) is 9.83. The second-order valence-electron chi connectivity index (χ2n) is 4.08. The van der Waals surface area contributed by atoms with Gasteiger partial charge < -0.3 is 9.47 Å². The molecule has 2 aromatic carbocycles. The van der Waals surface area contributed by atoms with E-state index in [1.165, 1.54) is 0 Å². The maximum Gasteiger partial charge on any atom is 0.221 e. The maximum absolute atomic E-state index is 5.65. The molecule has 20 heavy (non-hydrogen) atoms. The average Bonchev–Trinajstić information content (AvgIpc) is 2.52. The molecule has 0 heterocycles. The Balaban J connectivity index is 2.30. The molecule has 2 aromatic rings. The van der Waals surface area contributed by atoms with Crippen molar-refractivity contribution in [2.24, 2.45) is 4.99 Å². The van der Waals surface area contributed by atoms with Crippen LogP contribution in [-0.2, 0) is 4.74 Å². The lowest BCUT2D eigenvalue weighted by molar-refractivity contribution is 0.352. The van der Waals surface area contributed by atoms with Crippen molar-refractivity contribution in [1.82, 2.24) is 0 Å².